The van der Waals surface area contributed by atoms with Gasteiger partial charge in [0.1, 0.15) is 11.6 Å². The lowest BCUT2D eigenvalue weighted by Gasteiger charge is -2.32. The largest absolute Gasteiger partial charge is 0.396 e. The van der Waals surface area contributed by atoms with Crippen molar-refractivity contribution in [2.75, 3.05) is 26.3 Å². The molecule has 1 heterocycles. The molecule has 6 heteroatoms. The summed E-state index contributed by atoms with van der Waals surface area (Å²) in [4.78, 5) is 13.8. The van der Waals surface area contributed by atoms with Crippen molar-refractivity contribution in [1.29, 1.82) is 0 Å². The number of piperidine rings is 1. The standard InChI is InChI=1S/C15H19F2NO3/c16-12-8-11(9-13(17)10-12)15(20)18-4-2-14(3-5-18)21-7-1-6-19/h8-10,14,19H,1-7H2. The molecule has 0 saturated carbocycles. The summed E-state index contributed by atoms with van der Waals surface area (Å²) in [7, 11) is 0. The van der Waals surface area contributed by atoms with E-state index in [1.807, 2.05) is 0 Å². The summed E-state index contributed by atoms with van der Waals surface area (Å²) in [6.07, 6.45) is 2.05. The van der Waals surface area contributed by atoms with Crippen molar-refractivity contribution in [3.05, 3.63) is 35.4 Å². The maximum Gasteiger partial charge on any atom is 0.254 e. The van der Waals surface area contributed by atoms with Crippen LogP contribution in [0.1, 0.15) is 29.6 Å². The lowest BCUT2D eigenvalue weighted by Crippen LogP contribution is -2.41. The van der Waals surface area contributed by atoms with Crippen molar-refractivity contribution in [3.63, 3.8) is 0 Å². The Kier molecular flexibility index (Phi) is 5.64. The second-order valence-corrected chi connectivity index (χ2v) is 5.10. The van der Waals surface area contributed by atoms with Gasteiger partial charge in [-0.2, -0.15) is 0 Å². The van der Waals surface area contributed by atoms with Crippen molar-refractivity contribution in [2.24, 2.45) is 0 Å². The molecule has 1 saturated heterocycles. The lowest BCUT2D eigenvalue weighted by atomic mass is 10.1. The zero-order valence-corrected chi connectivity index (χ0v) is 11.7. The SMILES string of the molecule is O=C(c1cc(F)cc(F)c1)N1CCC(OCCCO)CC1. The molecule has 1 aromatic carbocycles. The van der Waals surface area contributed by atoms with Crippen molar-refractivity contribution in [1.82, 2.24) is 4.90 Å². The molecule has 1 amide bonds. The van der Waals surface area contributed by atoms with E-state index in [9.17, 15) is 13.6 Å². The van der Waals surface area contributed by atoms with Crippen LogP contribution < -0.4 is 0 Å². The van der Waals surface area contributed by atoms with Gasteiger partial charge in [-0.25, -0.2) is 8.78 Å². The molecule has 4 nitrogen and oxygen atoms in total. The van der Waals surface area contributed by atoms with Gasteiger partial charge in [-0.1, -0.05) is 0 Å². The second kappa shape index (κ2) is 7.47. The van der Waals surface area contributed by atoms with Gasteiger partial charge in [-0.15, -0.1) is 0 Å². The minimum Gasteiger partial charge on any atom is -0.396 e. The van der Waals surface area contributed by atoms with E-state index in [-0.39, 0.29) is 24.2 Å². The number of likely N-dealkylation sites (tertiary alicyclic amines) is 1. The minimum atomic E-state index is -0.749. The van der Waals surface area contributed by atoms with Gasteiger partial charge >= 0.3 is 0 Å². The Labute approximate surface area is 122 Å². The first-order valence-electron chi connectivity index (χ1n) is 7.08. The van der Waals surface area contributed by atoms with Crippen molar-refractivity contribution < 1.29 is 23.4 Å². The third-order valence-electron chi connectivity index (χ3n) is 3.49. The second-order valence-electron chi connectivity index (χ2n) is 5.10. The monoisotopic (exact) mass is 299 g/mol. The normalized spacial score (nSPS) is 16.2. The molecule has 0 unspecified atom stereocenters. The van der Waals surface area contributed by atoms with E-state index >= 15 is 0 Å². The van der Waals surface area contributed by atoms with Crippen molar-refractivity contribution >= 4 is 5.91 Å². The molecule has 116 valence electrons. The number of benzene rings is 1. The van der Waals surface area contributed by atoms with Crippen molar-refractivity contribution in [3.8, 4) is 0 Å². The van der Waals surface area contributed by atoms with Gasteiger partial charge in [-0.05, 0) is 31.4 Å². The Bertz CT molecular complexity index is 468. The summed E-state index contributed by atoms with van der Waals surface area (Å²) >= 11 is 0. The molecule has 0 radical (unpaired) electrons. The number of rotatable bonds is 5. The van der Waals surface area contributed by atoms with Crippen LogP contribution in [0.5, 0.6) is 0 Å². The van der Waals surface area contributed by atoms with E-state index < -0.39 is 11.6 Å². The van der Waals surface area contributed by atoms with Gasteiger partial charge in [-0.3, -0.25) is 4.79 Å². The summed E-state index contributed by atoms with van der Waals surface area (Å²) in [6, 6.07) is 2.85. The van der Waals surface area contributed by atoms with E-state index in [1.54, 1.807) is 4.90 Å². The highest BCUT2D eigenvalue weighted by Gasteiger charge is 2.24. The van der Waals surface area contributed by atoms with Crippen LogP contribution in [-0.4, -0.2) is 48.3 Å². The third kappa shape index (κ3) is 4.47. The number of halogens is 2. The minimum absolute atomic E-state index is 0.0344. The molecule has 1 fully saturated rings. The zero-order valence-electron chi connectivity index (χ0n) is 11.7. The number of amides is 1. The maximum atomic E-state index is 13.1. The average molecular weight is 299 g/mol. The van der Waals surface area contributed by atoms with Crippen LogP contribution in [-0.2, 0) is 4.74 Å². The van der Waals surface area contributed by atoms with Crippen LogP contribution in [0.3, 0.4) is 0 Å². The lowest BCUT2D eigenvalue weighted by molar-refractivity contribution is 0.00395. The van der Waals surface area contributed by atoms with Crippen LogP contribution in [0, 0.1) is 11.6 Å². The average Bonchev–Trinajstić information content (AvgIpc) is 2.46. The van der Waals surface area contributed by atoms with Gasteiger partial charge in [0.25, 0.3) is 5.91 Å². The maximum absolute atomic E-state index is 13.1. The number of nitrogens with zero attached hydrogens (tertiary/aromatic N) is 1. The molecule has 1 aliphatic heterocycles. The van der Waals surface area contributed by atoms with Gasteiger partial charge in [0, 0.05) is 37.9 Å². The van der Waals surface area contributed by atoms with Gasteiger partial charge in [0.15, 0.2) is 0 Å². The Morgan fingerprint density at radius 2 is 1.86 bits per heavy atom. The first kappa shape index (κ1) is 15.9. The van der Waals surface area contributed by atoms with Crippen LogP contribution in [0.15, 0.2) is 18.2 Å². The Hall–Kier alpha value is -1.53. The predicted molar refractivity (Wildman–Crippen MR) is 72.9 cm³/mol. The number of hydrogen-bond acceptors (Lipinski definition) is 3. The number of ether oxygens (including phenoxy) is 1. The first-order chi connectivity index (χ1) is 10.1. The molecule has 1 aromatic rings. The fraction of sp³-hybridized carbons (Fsp3) is 0.533. The third-order valence-corrected chi connectivity index (χ3v) is 3.49. The fourth-order valence-electron chi connectivity index (χ4n) is 2.40. The molecule has 0 bridgehead atoms. The zero-order chi connectivity index (χ0) is 15.2. The number of carbonyl (C=O) groups is 1. The van der Waals surface area contributed by atoms with E-state index in [1.165, 1.54) is 0 Å². The smallest absolute Gasteiger partial charge is 0.254 e. The summed E-state index contributed by atoms with van der Waals surface area (Å²) in [5.74, 6) is -1.86. The number of carbonyl (C=O) groups excluding carboxylic acids is 1. The Morgan fingerprint density at radius 3 is 2.43 bits per heavy atom. The molecule has 0 atom stereocenters. The van der Waals surface area contributed by atoms with E-state index in [2.05, 4.69) is 0 Å². The molecule has 0 spiro atoms. The Morgan fingerprint density at radius 1 is 1.24 bits per heavy atom. The Balaban J connectivity index is 1.88. The summed E-state index contributed by atoms with van der Waals surface area (Å²) in [5.41, 5.74) is 0.0344. The fourth-order valence-corrected chi connectivity index (χ4v) is 2.40. The van der Waals surface area contributed by atoms with Crippen molar-refractivity contribution in [2.45, 2.75) is 25.4 Å². The molecular weight excluding hydrogens is 280 g/mol. The topological polar surface area (TPSA) is 49.8 Å². The summed E-state index contributed by atoms with van der Waals surface area (Å²) in [5, 5.41) is 8.69. The molecule has 1 N–H and O–H groups in total. The highest BCUT2D eigenvalue weighted by molar-refractivity contribution is 5.94. The number of aliphatic hydroxyl groups is 1. The molecule has 1 aliphatic rings. The molecule has 0 aromatic heterocycles. The highest BCUT2D eigenvalue weighted by Crippen LogP contribution is 2.17. The van der Waals surface area contributed by atoms with Crippen LogP contribution >= 0.6 is 0 Å². The number of aliphatic hydroxyl groups excluding tert-OH is 1. The summed E-state index contributed by atoms with van der Waals surface area (Å²) < 4.78 is 31.9. The predicted octanol–water partition coefficient (Wildman–Crippen LogP) is 1.97. The molecule has 2 rings (SSSR count). The summed E-state index contributed by atoms with van der Waals surface area (Å²) in [6.45, 7) is 1.61. The highest BCUT2D eigenvalue weighted by atomic mass is 19.1. The van der Waals surface area contributed by atoms with Crippen LogP contribution in [0.25, 0.3) is 0 Å². The molecular formula is C15H19F2NO3. The van der Waals surface area contributed by atoms with Gasteiger partial charge < -0.3 is 14.7 Å². The quantitative estimate of drug-likeness (QED) is 0.846. The van der Waals surface area contributed by atoms with E-state index in [4.69, 9.17) is 9.84 Å². The molecule has 0 aliphatic carbocycles. The number of hydrogen-bond donors (Lipinski definition) is 1. The van der Waals surface area contributed by atoms with Crippen LogP contribution in [0.2, 0.25) is 0 Å². The first-order valence-corrected chi connectivity index (χ1v) is 7.08. The van der Waals surface area contributed by atoms with Gasteiger partial charge in [0.05, 0.1) is 6.10 Å². The van der Waals surface area contributed by atoms with Crippen LogP contribution in [0.4, 0.5) is 8.78 Å². The van der Waals surface area contributed by atoms with Gasteiger partial charge in [0.2, 0.25) is 0 Å². The van der Waals surface area contributed by atoms with E-state index in [0.29, 0.717) is 39.0 Å². The van der Waals surface area contributed by atoms with E-state index in [0.717, 1.165) is 18.2 Å². The molecule has 21 heavy (non-hydrogen) atoms.